The first kappa shape index (κ1) is 12.0. The lowest BCUT2D eigenvalue weighted by Gasteiger charge is -2.19. The van der Waals surface area contributed by atoms with Gasteiger partial charge in [-0.15, -0.1) is 11.3 Å². The smallest absolute Gasteiger partial charge is 0.118 e. The number of rotatable bonds is 6. The van der Waals surface area contributed by atoms with Crippen LogP contribution < -0.4 is 5.73 Å². The van der Waals surface area contributed by atoms with E-state index < -0.39 is 0 Å². The van der Waals surface area contributed by atoms with Crippen LogP contribution in [0.4, 0.5) is 0 Å². The van der Waals surface area contributed by atoms with Crippen LogP contribution >= 0.6 is 11.3 Å². The summed E-state index contributed by atoms with van der Waals surface area (Å²) in [5.74, 6) is 1.03. The molecule has 0 aliphatic heterocycles. The van der Waals surface area contributed by atoms with E-state index in [0.29, 0.717) is 6.54 Å². The van der Waals surface area contributed by atoms with Crippen LogP contribution in [0.1, 0.15) is 29.0 Å². The van der Waals surface area contributed by atoms with Gasteiger partial charge in [0.2, 0.25) is 0 Å². The number of nitrogens with zero attached hydrogens (tertiary/aromatic N) is 1. The van der Waals surface area contributed by atoms with Gasteiger partial charge in [-0.3, -0.25) is 4.90 Å². The van der Waals surface area contributed by atoms with Crippen molar-refractivity contribution < 1.29 is 4.42 Å². The van der Waals surface area contributed by atoms with Crippen LogP contribution in [0.25, 0.3) is 0 Å². The van der Waals surface area contributed by atoms with Crippen LogP contribution in [0.2, 0.25) is 0 Å². The molecule has 18 heavy (non-hydrogen) atoms. The van der Waals surface area contributed by atoms with Gasteiger partial charge in [-0.1, -0.05) is 6.07 Å². The Kier molecular flexibility index (Phi) is 3.50. The number of thiophene rings is 1. The van der Waals surface area contributed by atoms with E-state index in [-0.39, 0.29) is 0 Å². The van der Waals surface area contributed by atoms with Gasteiger partial charge in [0.1, 0.15) is 5.76 Å². The summed E-state index contributed by atoms with van der Waals surface area (Å²) in [6, 6.07) is 7.13. The molecule has 0 bridgehead atoms. The lowest BCUT2D eigenvalue weighted by Crippen LogP contribution is -2.24. The van der Waals surface area contributed by atoms with E-state index >= 15 is 0 Å². The molecule has 2 aromatic heterocycles. The molecule has 2 heterocycles. The van der Waals surface area contributed by atoms with E-state index in [0.717, 1.165) is 30.5 Å². The van der Waals surface area contributed by atoms with Gasteiger partial charge in [-0.05, 0) is 30.4 Å². The number of furan rings is 1. The molecule has 0 atom stereocenters. The van der Waals surface area contributed by atoms with Gasteiger partial charge < -0.3 is 10.2 Å². The maximum atomic E-state index is 5.60. The summed E-state index contributed by atoms with van der Waals surface area (Å²) in [5.41, 5.74) is 6.68. The van der Waals surface area contributed by atoms with E-state index in [1.54, 1.807) is 6.26 Å². The van der Waals surface area contributed by atoms with Gasteiger partial charge in [-0.2, -0.15) is 0 Å². The highest BCUT2D eigenvalue weighted by Gasteiger charge is 2.29. The van der Waals surface area contributed by atoms with Crippen LogP contribution in [-0.2, 0) is 19.6 Å². The van der Waals surface area contributed by atoms with Crippen molar-refractivity contribution in [3.05, 3.63) is 46.0 Å². The summed E-state index contributed by atoms with van der Waals surface area (Å²) >= 11 is 1.82. The molecule has 2 N–H and O–H groups in total. The Labute approximate surface area is 111 Å². The molecule has 2 aromatic rings. The van der Waals surface area contributed by atoms with Crippen molar-refractivity contribution in [2.75, 3.05) is 0 Å². The molecule has 0 radical (unpaired) electrons. The second kappa shape index (κ2) is 5.26. The van der Waals surface area contributed by atoms with Crippen molar-refractivity contribution in [2.24, 2.45) is 5.73 Å². The van der Waals surface area contributed by atoms with Crippen LogP contribution in [0.15, 0.2) is 34.3 Å². The van der Waals surface area contributed by atoms with Crippen LogP contribution in [0.5, 0.6) is 0 Å². The van der Waals surface area contributed by atoms with Gasteiger partial charge in [0, 0.05) is 29.6 Å². The van der Waals surface area contributed by atoms with Crippen LogP contribution in [0.3, 0.4) is 0 Å². The second-order valence-corrected chi connectivity index (χ2v) is 5.87. The predicted octanol–water partition coefficient (Wildman–Crippen LogP) is 2.96. The third kappa shape index (κ3) is 2.83. The van der Waals surface area contributed by atoms with Gasteiger partial charge in [-0.25, -0.2) is 0 Å². The lowest BCUT2D eigenvalue weighted by molar-refractivity contribution is 0.227. The maximum absolute atomic E-state index is 5.60. The first-order chi connectivity index (χ1) is 8.85. The Hall–Kier alpha value is -1.10. The molecule has 0 unspecified atom stereocenters. The first-order valence-corrected chi connectivity index (χ1v) is 7.26. The zero-order chi connectivity index (χ0) is 12.4. The number of hydrogen-bond donors (Lipinski definition) is 1. The topological polar surface area (TPSA) is 42.4 Å². The highest BCUT2D eigenvalue weighted by Crippen LogP contribution is 2.30. The van der Waals surface area contributed by atoms with E-state index in [1.165, 1.54) is 17.7 Å². The van der Waals surface area contributed by atoms with Crippen molar-refractivity contribution in [1.82, 2.24) is 4.90 Å². The Balaban J connectivity index is 1.66. The van der Waals surface area contributed by atoms with E-state index in [1.807, 2.05) is 11.3 Å². The quantitative estimate of drug-likeness (QED) is 0.870. The molecule has 96 valence electrons. The Morgan fingerprint density at radius 3 is 2.89 bits per heavy atom. The second-order valence-electron chi connectivity index (χ2n) is 4.84. The van der Waals surface area contributed by atoms with Gasteiger partial charge in [0.15, 0.2) is 0 Å². The average Bonchev–Trinajstić information content (AvgIpc) is 2.92. The highest BCUT2D eigenvalue weighted by atomic mass is 32.1. The number of hydrogen-bond acceptors (Lipinski definition) is 4. The van der Waals surface area contributed by atoms with Crippen molar-refractivity contribution in [1.29, 1.82) is 0 Å². The molecule has 1 saturated carbocycles. The van der Waals surface area contributed by atoms with Crippen molar-refractivity contribution in [2.45, 2.75) is 38.5 Å². The molecule has 0 saturated heterocycles. The Bertz CT molecular complexity index is 488. The van der Waals surface area contributed by atoms with Crippen molar-refractivity contribution >= 4 is 11.3 Å². The molecule has 1 fully saturated rings. The summed E-state index contributed by atoms with van der Waals surface area (Å²) in [6.07, 6.45) is 4.40. The third-order valence-electron chi connectivity index (χ3n) is 3.30. The fraction of sp³-hybridized carbons (Fsp3) is 0.429. The Morgan fingerprint density at radius 2 is 2.28 bits per heavy atom. The summed E-state index contributed by atoms with van der Waals surface area (Å²) < 4.78 is 5.56. The van der Waals surface area contributed by atoms with Crippen molar-refractivity contribution in [3.63, 3.8) is 0 Å². The standard InChI is InChI=1S/C14H18N2OS/c15-7-11-6-13(17-10-11)8-16(12-3-4-12)9-14-2-1-5-18-14/h1-2,5-6,10,12H,3-4,7-9,15H2. The maximum Gasteiger partial charge on any atom is 0.118 e. The summed E-state index contributed by atoms with van der Waals surface area (Å²) in [4.78, 5) is 3.93. The van der Waals surface area contributed by atoms with Crippen molar-refractivity contribution in [3.8, 4) is 0 Å². The summed E-state index contributed by atoms with van der Waals surface area (Å²) in [7, 11) is 0. The lowest BCUT2D eigenvalue weighted by atomic mass is 10.3. The molecule has 1 aliphatic carbocycles. The Morgan fingerprint density at radius 1 is 1.39 bits per heavy atom. The number of nitrogens with two attached hydrogens (primary N) is 1. The van der Waals surface area contributed by atoms with E-state index in [2.05, 4.69) is 28.5 Å². The minimum Gasteiger partial charge on any atom is -0.468 e. The molecule has 1 aliphatic rings. The van der Waals surface area contributed by atoms with E-state index in [9.17, 15) is 0 Å². The molecule has 3 rings (SSSR count). The average molecular weight is 262 g/mol. The molecule has 0 aromatic carbocycles. The molecular weight excluding hydrogens is 244 g/mol. The fourth-order valence-corrected chi connectivity index (χ4v) is 2.90. The highest BCUT2D eigenvalue weighted by molar-refractivity contribution is 7.09. The predicted molar refractivity (Wildman–Crippen MR) is 73.2 cm³/mol. The monoisotopic (exact) mass is 262 g/mol. The fourth-order valence-electron chi connectivity index (χ4n) is 2.17. The zero-order valence-electron chi connectivity index (χ0n) is 10.3. The molecule has 0 amide bonds. The first-order valence-electron chi connectivity index (χ1n) is 6.38. The van der Waals surface area contributed by atoms with Gasteiger partial charge in [0.25, 0.3) is 0 Å². The van der Waals surface area contributed by atoms with E-state index in [4.69, 9.17) is 10.2 Å². The zero-order valence-corrected chi connectivity index (χ0v) is 11.2. The summed E-state index contributed by atoms with van der Waals surface area (Å²) in [5, 5.41) is 2.14. The molecule has 0 spiro atoms. The molecule has 4 heteroatoms. The molecular formula is C14H18N2OS. The van der Waals surface area contributed by atoms with Crippen LogP contribution in [-0.4, -0.2) is 10.9 Å². The SMILES string of the molecule is NCc1coc(CN(Cc2cccs2)C2CC2)c1. The van der Waals surface area contributed by atoms with Gasteiger partial charge >= 0.3 is 0 Å². The molecule has 3 nitrogen and oxygen atoms in total. The minimum absolute atomic E-state index is 0.553. The summed E-state index contributed by atoms with van der Waals surface area (Å²) in [6.45, 7) is 2.47. The normalized spacial score (nSPS) is 15.4. The third-order valence-corrected chi connectivity index (χ3v) is 4.17. The minimum atomic E-state index is 0.553. The van der Waals surface area contributed by atoms with Gasteiger partial charge in [0.05, 0.1) is 12.8 Å². The van der Waals surface area contributed by atoms with Crippen LogP contribution in [0, 0.1) is 0 Å². The largest absolute Gasteiger partial charge is 0.468 e.